The normalized spacial score (nSPS) is 11.7. The van der Waals surface area contributed by atoms with Gasteiger partial charge in [0, 0.05) is 11.1 Å². The second-order valence-corrected chi connectivity index (χ2v) is 4.65. The Labute approximate surface area is 121 Å². The molecule has 6 nitrogen and oxygen atoms in total. The maximum atomic E-state index is 8.74. The van der Waals surface area contributed by atoms with Gasteiger partial charge in [0.2, 0.25) is 0 Å². The fraction of sp³-hybridized carbons (Fsp3) is 0.231. The summed E-state index contributed by atoms with van der Waals surface area (Å²) in [7, 11) is 1.59. The Balaban J connectivity index is 2.41. The Bertz CT molecular complexity index is 652. The molecule has 1 heterocycles. The molecule has 0 fully saturated rings. The van der Waals surface area contributed by atoms with Crippen molar-refractivity contribution in [1.82, 2.24) is 9.78 Å². The molecule has 0 unspecified atom stereocenters. The molecular formula is C13H15ClN4O2. The maximum absolute atomic E-state index is 8.74. The number of nitrogens with zero attached hydrogens (tertiary/aromatic N) is 3. The van der Waals surface area contributed by atoms with Crippen molar-refractivity contribution >= 4 is 17.4 Å². The van der Waals surface area contributed by atoms with Gasteiger partial charge in [0.25, 0.3) is 0 Å². The highest BCUT2D eigenvalue weighted by Gasteiger charge is 2.11. The highest BCUT2D eigenvalue weighted by atomic mass is 35.5. The van der Waals surface area contributed by atoms with E-state index in [0.29, 0.717) is 22.9 Å². The maximum Gasteiger partial charge on any atom is 0.170 e. The van der Waals surface area contributed by atoms with Gasteiger partial charge in [0.05, 0.1) is 30.6 Å². The van der Waals surface area contributed by atoms with Crippen LogP contribution < -0.4 is 10.5 Å². The van der Waals surface area contributed by atoms with Crippen LogP contribution in [-0.4, -0.2) is 27.9 Å². The molecule has 0 radical (unpaired) electrons. The van der Waals surface area contributed by atoms with E-state index in [1.807, 2.05) is 6.92 Å². The Morgan fingerprint density at radius 2 is 2.30 bits per heavy atom. The second-order valence-electron chi connectivity index (χ2n) is 4.25. The lowest BCUT2D eigenvalue weighted by Crippen LogP contribution is -2.14. The smallest absolute Gasteiger partial charge is 0.170 e. The lowest BCUT2D eigenvalue weighted by atomic mass is 10.1. The average Bonchev–Trinajstić information content (AvgIpc) is 2.78. The minimum absolute atomic E-state index is 0.0455. The third kappa shape index (κ3) is 2.70. The zero-order chi connectivity index (χ0) is 14.7. The number of hydrogen-bond donors (Lipinski definition) is 2. The zero-order valence-corrected chi connectivity index (χ0v) is 11.9. The van der Waals surface area contributed by atoms with Crippen LogP contribution in [0.5, 0.6) is 5.75 Å². The van der Waals surface area contributed by atoms with Gasteiger partial charge in [-0.15, -0.1) is 0 Å². The van der Waals surface area contributed by atoms with Crippen LogP contribution in [0.15, 0.2) is 29.6 Å². The van der Waals surface area contributed by atoms with Gasteiger partial charge >= 0.3 is 0 Å². The SMILES string of the molecule is COc1ccc(/C(N)=N/O)cc1Cn1ncc(Cl)c1C. The Kier molecular flexibility index (Phi) is 4.14. The molecule has 0 saturated carbocycles. The van der Waals surface area contributed by atoms with Gasteiger partial charge in [-0.3, -0.25) is 4.68 Å². The van der Waals surface area contributed by atoms with E-state index >= 15 is 0 Å². The molecule has 7 heteroatoms. The molecule has 20 heavy (non-hydrogen) atoms. The molecule has 2 aromatic rings. The number of oxime groups is 1. The summed E-state index contributed by atoms with van der Waals surface area (Å²) in [6.07, 6.45) is 1.59. The summed E-state index contributed by atoms with van der Waals surface area (Å²) in [5.74, 6) is 0.745. The summed E-state index contributed by atoms with van der Waals surface area (Å²) in [4.78, 5) is 0. The van der Waals surface area contributed by atoms with Crippen molar-refractivity contribution in [3.63, 3.8) is 0 Å². The van der Waals surface area contributed by atoms with Gasteiger partial charge in [0.15, 0.2) is 5.84 Å². The molecule has 0 aliphatic rings. The van der Waals surface area contributed by atoms with Crippen LogP contribution >= 0.6 is 11.6 Å². The van der Waals surface area contributed by atoms with Crippen LogP contribution in [0.4, 0.5) is 0 Å². The Morgan fingerprint density at radius 3 is 2.85 bits per heavy atom. The van der Waals surface area contributed by atoms with Gasteiger partial charge in [0.1, 0.15) is 5.75 Å². The minimum Gasteiger partial charge on any atom is -0.496 e. The quantitative estimate of drug-likeness (QED) is 0.391. The summed E-state index contributed by atoms with van der Waals surface area (Å²) in [5, 5.41) is 16.5. The fourth-order valence-corrected chi connectivity index (χ4v) is 2.00. The van der Waals surface area contributed by atoms with E-state index in [1.54, 1.807) is 36.2 Å². The number of ether oxygens (including phenoxy) is 1. The molecule has 1 aromatic carbocycles. The minimum atomic E-state index is 0.0455. The van der Waals surface area contributed by atoms with Crippen LogP contribution in [0.3, 0.4) is 0 Å². The molecule has 3 N–H and O–H groups in total. The first-order chi connectivity index (χ1) is 9.56. The van der Waals surface area contributed by atoms with Gasteiger partial charge in [-0.25, -0.2) is 0 Å². The van der Waals surface area contributed by atoms with Crippen molar-refractivity contribution in [3.8, 4) is 5.75 Å². The van der Waals surface area contributed by atoms with E-state index in [2.05, 4.69) is 10.3 Å². The van der Waals surface area contributed by atoms with E-state index in [4.69, 9.17) is 27.3 Å². The summed E-state index contributed by atoms with van der Waals surface area (Å²) in [6.45, 7) is 2.36. The largest absolute Gasteiger partial charge is 0.496 e. The molecule has 0 aliphatic heterocycles. The van der Waals surface area contributed by atoms with Gasteiger partial charge in [-0.2, -0.15) is 5.10 Å². The molecule has 106 valence electrons. The van der Waals surface area contributed by atoms with E-state index in [1.165, 1.54) is 0 Å². The first-order valence-corrected chi connectivity index (χ1v) is 6.27. The second kappa shape index (κ2) is 5.83. The molecule has 2 rings (SSSR count). The number of hydrogen-bond acceptors (Lipinski definition) is 4. The molecule has 0 aliphatic carbocycles. The fourth-order valence-electron chi connectivity index (χ4n) is 1.86. The summed E-state index contributed by atoms with van der Waals surface area (Å²) < 4.78 is 7.08. The third-order valence-electron chi connectivity index (χ3n) is 3.05. The number of amidine groups is 1. The van der Waals surface area contributed by atoms with Crippen LogP contribution in [0.1, 0.15) is 16.8 Å². The summed E-state index contributed by atoms with van der Waals surface area (Å²) in [6, 6.07) is 5.28. The van der Waals surface area contributed by atoms with Crippen molar-refractivity contribution in [1.29, 1.82) is 0 Å². The standard InChI is InChI=1S/C13H15ClN4O2/c1-8-11(14)6-16-18(8)7-10-5-9(13(15)17-19)3-4-12(10)20-2/h3-6,19H,7H2,1-2H3,(H2,15,17). The van der Waals surface area contributed by atoms with E-state index < -0.39 is 0 Å². The van der Waals surface area contributed by atoms with Crippen molar-refractivity contribution in [2.75, 3.05) is 7.11 Å². The first-order valence-electron chi connectivity index (χ1n) is 5.89. The van der Waals surface area contributed by atoms with Crippen LogP contribution in [-0.2, 0) is 6.54 Å². The lowest BCUT2D eigenvalue weighted by molar-refractivity contribution is 0.318. The number of aromatic nitrogens is 2. The number of rotatable bonds is 4. The predicted octanol–water partition coefficient (Wildman–Crippen LogP) is 2.00. The van der Waals surface area contributed by atoms with Crippen molar-refractivity contribution in [2.45, 2.75) is 13.5 Å². The van der Waals surface area contributed by atoms with Gasteiger partial charge < -0.3 is 15.7 Å². The topological polar surface area (TPSA) is 85.7 Å². The lowest BCUT2D eigenvalue weighted by Gasteiger charge is -2.11. The van der Waals surface area contributed by atoms with Crippen molar-refractivity contribution in [3.05, 3.63) is 46.2 Å². The van der Waals surface area contributed by atoms with E-state index in [-0.39, 0.29) is 5.84 Å². The van der Waals surface area contributed by atoms with Crippen molar-refractivity contribution in [2.24, 2.45) is 10.9 Å². The van der Waals surface area contributed by atoms with E-state index in [9.17, 15) is 0 Å². The van der Waals surface area contributed by atoms with Crippen LogP contribution in [0, 0.1) is 6.92 Å². The molecular weight excluding hydrogens is 280 g/mol. The number of benzene rings is 1. The van der Waals surface area contributed by atoms with Gasteiger partial charge in [-0.1, -0.05) is 16.8 Å². The average molecular weight is 295 g/mol. The third-order valence-corrected chi connectivity index (χ3v) is 3.42. The molecule has 0 spiro atoms. The highest BCUT2D eigenvalue weighted by Crippen LogP contribution is 2.23. The molecule has 0 atom stereocenters. The van der Waals surface area contributed by atoms with Crippen LogP contribution in [0.25, 0.3) is 0 Å². The molecule has 0 bridgehead atoms. The van der Waals surface area contributed by atoms with Crippen LogP contribution in [0.2, 0.25) is 5.02 Å². The number of halogens is 1. The Morgan fingerprint density at radius 1 is 1.55 bits per heavy atom. The zero-order valence-electron chi connectivity index (χ0n) is 11.2. The summed E-state index contributed by atoms with van der Waals surface area (Å²) >= 11 is 5.99. The number of nitrogens with two attached hydrogens (primary N) is 1. The highest BCUT2D eigenvalue weighted by molar-refractivity contribution is 6.31. The first kappa shape index (κ1) is 14.2. The Hall–Kier alpha value is -2.21. The molecule has 0 amide bonds. The monoisotopic (exact) mass is 294 g/mol. The molecule has 1 aromatic heterocycles. The van der Waals surface area contributed by atoms with E-state index in [0.717, 1.165) is 11.3 Å². The predicted molar refractivity (Wildman–Crippen MR) is 76.6 cm³/mol. The van der Waals surface area contributed by atoms with Crippen molar-refractivity contribution < 1.29 is 9.94 Å². The summed E-state index contributed by atoms with van der Waals surface area (Å²) in [5.41, 5.74) is 7.93. The molecule has 0 saturated heterocycles. The number of methoxy groups -OCH3 is 1. The van der Waals surface area contributed by atoms with Gasteiger partial charge in [-0.05, 0) is 25.1 Å².